The van der Waals surface area contributed by atoms with Crippen molar-refractivity contribution in [3.05, 3.63) is 78.9 Å². The summed E-state index contributed by atoms with van der Waals surface area (Å²) < 4.78 is 21.2. The van der Waals surface area contributed by atoms with E-state index in [2.05, 4.69) is 24.3 Å². The average molecular weight is 703 g/mol. The predicted octanol–water partition coefficient (Wildman–Crippen LogP) is 5.07. The van der Waals surface area contributed by atoms with Gasteiger partial charge in [-0.05, 0) is 69.0 Å². The molecule has 1 fully saturated rings. The Hall–Kier alpha value is -5.36. The number of nitrogens with zero attached hydrogens (tertiary/aromatic N) is 3. The first kappa shape index (κ1) is 32.5. The molecule has 3 N–H and O–H groups in total. The van der Waals surface area contributed by atoms with E-state index < -0.39 is 29.8 Å². The number of benzene rings is 5. The van der Waals surface area contributed by atoms with E-state index in [0.29, 0.717) is 33.7 Å². The Morgan fingerprint density at radius 3 is 2.13 bits per heavy atom. The van der Waals surface area contributed by atoms with Gasteiger partial charge in [0.15, 0.2) is 34.7 Å². The largest absolute Gasteiger partial charge is 0.505 e. The van der Waals surface area contributed by atoms with Crippen molar-refractivity contribution in [3.8, 4) is 51.4 Å². The second-order valence-corrected chi connectivity index (χ2v) is 15.5. The van der Waals surface area contributed by atoms with E-state index in [9.17, 15) is 15.3 Å². The number of phenolic OH excluding ortho intramolecular Hbond substituents is 3. The van der Waals surface area contributed by atoms with Crippen molar-refractivity contribution in [1.29, 1.82) is 0 Å². The Kier molecular flexibility index (Phi) is 7.09. The van der Waals surface area contributed by atoms with Gasteiger partial charge in [-0.3, -0.25) is 0 Å². The summed E-state index contributed by atoms with van der Waals surface area (Å²) in [6.07, 6.45) is 0. The first-order chi connectivity index (χ1) is 24.8. The van der Waals surface area contributed by atoms with Crippen molar-refractivity contribution in [2.75, 3.05) is 0 Å². The van der Waals surface area contributed by atoms with Crippen LogP contribution in [-0.2, 0) is 9.31 Å². The maximum absolute atomic E-state index is 11.2. The highest BCUT2D eigenvalue weighted by Gasteiger charge is 2.51. The molecule has 0 amide bonds. The molecule has 0 atom stereocenters. The molecular formula is C39H32B3N3O6S. The molecule has 0 spiro atoms. The first-order valence-corrected chi connectivity index (χ1v) is 17.9. The van der Waals surface area contributed by atoms with Gasteiger partial charge in [0, 0.05) is 42.1 Å². The molecule has 254 valence electrons. The topological polar surface area (TPSA) is 131 Å². The molecular weight excluding hydrogens is 671 g/mol. The fourth-order valence-corrected chi connectivity index (χ4v) is 8.16. The van der Waals surface area contributed by atoms with Gasteiger partial charge in [0.2, 0.25) is 0 Å². The van der Waals surface area contributed by atoms with E-state index >= 15 is 0 Å². The van der Waals surface area contributed by atoms with Crippen LogP contribution in [0.1, 0.15) is 27.7 Å². The highest BCUT2D eigenvalue weighted by atomic mass is 32.1. The Balaban J connectivity index is 1.22. The number of hydrogen-bond donors (Lipinski definition) is 3. The molecule has 1 aliphatic heterocycles. The summed E-state index contributed by atoms with van der Waals surface area (Å²) in [7, 11) is 2.91. The molecule has 1 saturated heterocycles. The molecule has 9 nitrogen and oxygen atoms in total. The van der Waals surface area contributed by atoms with E-state index in [4.69, 9.17) is 28.7 Å². The number of fused-ring (bicyclic) bond motifs is 6. The van der Waals surface area contributed by atoms with E-state index in [1.807, 2.05) is 82.3 Å². The standard InChI is InChI=1S/C39H32B3N3O6S/c1-38(2)39(3,4)51-42(50-38)19-13-15-25-24(17-19)20-14-12-18(16-26(20)49-25)35-43-36(23-10-7-9-22-21-8-5-6-11-27(21)52-34(22)23)45-37(44-35)28-29(40)30(41)32(47)33(48)31(28)46/h5-17,46-48H,40-41H2,1-4H3. The summed E-state index contributed by atoms with van der Waals surface area (Å²) in [5.74, 6) is -0.616. The lowest BCUT2D eigenvalue weighted by molar-refractivity contribution is 0.00578. The highest BCUT2D eigenvalue weighted by Crippen LogP contribution is 2.43. The van der Waals surface area contributed by atoms with Gasteiger partial charge < -0.3 is 29.0 Å². The van der Waals surface area contributed by atoms with Crippen LogP contribution < -0.4 is 16.4 Å². The van der Waals surface area contributed by atoms with Gasteiger partial charge in [0.1, 0.15) is 26.9 Å². The van der Waals surface area contributed by atoms with E-state index in [1.54, 1.807) is 27.0 Å². The van der Waals surface area contributed by atoms with E-state index in [0.717, 1.165) is 47.6 Å². The molecule has 52 heavy (non-hydrogen) atoms. The zero-order chi connectivity index (χ0) is 36.3. The third kappa shape index (κ3) is 4.83. The molecule has 0 radical (unpaired) electrons. The molecule has 3 aromatic heterocycles. The molecule has 5 aromatic carbocycles. The van der Waals surface area contributed by atoms with E-state index in [1.165, 1.54) is 0 Å². The minimum Gasteiger partial charge on any atom is -0.505 e. The van der Waals surface area contributed by atoms with Gasteiger partial charge in [0.25, 0.3) is 0 Å². The third-order valence-electron chi connectivity index (χ3n) is 10.8. The quantitative estimate of drug-likeness (QED) is 0.170. The number of furan rings is 1. The molecule has 1 aliphatic rings. The maximum Gasteiger partial charge on any atom is 0.494 e. The van der Waals surface area contributed by atoms with Crippen molar-refractivity contribution in [3.63, 3.8) is 0 Å². The fourth-order valence-electron chi connectivity index (χ4n) is 6.94. The summed E-state index contributed by atoms with van der Waals surface area (Å²) in [5.41, 5.74) is 3.97. The third-order valence-corrected chi connectivity index (χ3v) is 12.0. The maximum atomic E-state index is 11.2. The number of aromatic hydroxyl groups is 3. The van der Waals surface area contributed by atoms with Crippen LogP contribution in [0.5, 0.6) is 17.2 Å². The average Bonchev–Trinajstić information content (AvgIpc) is 3.77. The Morgan fingerprint density at radius 2 is 1.35 bits per heavy atom. The van der Waals surface area contributed by atoms with Crippen LogP contribution in [0.25, 0.3) is 76.3 Å². The molecule has 4 heterocycles. The van der Waals surface area contributed by atoms with Crippen LogP contribution in [0, 0.1) is 0 Å². The summed E-state index contributed by atoms with van der Waals surface area (Å²) in [5, 5.41) is 36.4. The van der Waals surface area contributed by atoms with Gasteiger partial charge in [-0.25, -0.2) is 15.0 Å². The zero-order valence-electron chi connectivity index (χ0n) is 29.4. The molecule has 0 saturated carbocycles. The first-order valence-electron chi connectivity index (χ1n) is 17.0. The molecule has 13 heteroatoms. The second-order valence-electron chi connectivity index (χ2n) is 14.4. The number of rotatable bonds is 4. The minimum absolute atomic E-state index is 0.156. The SMILES string of the molecule is Bc1c(B)c(-c2nc(-c3ccc4c(c3)oc3ccc(B5OC(C)(C)C(C)(C)O5)cc34)nc(-c3cccc4c3sc3ccccc34)n2)c(O)c(O)c1O. The van der Waals surface area contributed by atoms with Crippen molar-refractivity contribution in [1.82, 2.24) is 15.0 Å². The van der Waals surface area contributed by atoms with Gasteiger partial charge in [-0.15, -0.1) is 11.3 Å². The molecule has 9 rings (SSSR count). The second kappa shape index (κ2) is 11.3. The number of phenols is 3. The van der Waals surface area contributed by atoms with Crippen LogP contribution in [0.15, 0.2) is 83.3 Å². The highest BCUT2D eigenvalue weighted by molar-refractivity contribution is 7.26. The minimum atomic E-state index is -0.628. The van der Waals surface area contributed by atoms with Gasteiger partial charge >= 0.3 is 7.12 Å². The lowest BCUT2D eigenvalue weighted by Gasteiger charge is -2.32. The summed E-state index contributed by atoms with van der Waals surface area (Å²) in [6.45, 7) is 8.15. The monoisotopic (exact) mass is 703 g/mol. The van der Waals surface area contributed by atoms with Gasteiger partial charge in [-0.1, -0.05) is 54.0 Å². The van der Waals surface area contributed by atoms with Crippen LogP contribution >= 0.6 is 11.3 Å². The molecule has 0 aliphatic carbocycles. The van der Waals surface area contributed by atoms with E-state index in [-0.39, 0.29) is 17.1 Å². The Labute approximate surface area is 304 Å². The summed E-state index contributed by atoms with van der Waals surface area (Å²) in [6, 6.07) is 26.1. The van der Waals surface area contributed by atoms with Crippen LogP contribution in [-0.4, -0.2) is 64.3 Å². The van der Waals surface area contributed by atoms with Crippen molar-refractivity contribution in [2.24, 2.45) is 0 Å². The predicted molar refractivity (Wildman–Crippen MR) is 213 cm³/mol. The van der Waals surface area contributed by atoms with Crippen LogP contribution in [0.3, 0.4) is 0 Å². The van der Waals surface area contributed by atoms with Gasteiger partial charge in [0.05, 0.1) is 16.8 Å². The number of aromatic nitrogens is 3. The van der Waals surface area contributed by atoms with Crippen molar-refractivity contribution in [2.45, 2.75) is 38.9 Å². The molecule has 0 unspecified atom stereocenters. The molecule has 0 bridgehead atoms. The van der Waals surface area contributed by atoms with Gasteiger partial charge in [-0.2, -0.15) is 0 Å². The lowest BCUT2D eigenvalue weighted by Crippen LogP contribution is -2.41. The normalized spacial score (nSPS) is 15.4. The smallest absolute Gasteiger partial charge is 0.494 e. The summed E-state index contributed by atoms with van der Waals surface area (Å²) in [4.78, 5) is 14.8. The fraction of sp³-hybridized carbons (Fsp3) is 0.154. The van der Waals surface area contributed by atoms with Crippen molar-refractivity contribution < 1.29 is 29.0 Å². The molecule has 8 aromatic rings. The lowest BCUT2D eigenvalue weighted by atomic mass is 9.76. The Morgan fingerprint density at radius 1 is 0.635 bits per heavy atom. The van der Waals surface area contributed by atoms with Crippen molar-refractivity contribution >= 4 is 92.6 Å². The number of thiophene rings is 1. The summed E-state index contributed by atoms with van der Waals surface area (Å²) >= 11 is 1.66. The van der Waals surface area contributed by atoms with Crippen LogP contribution in [0.4, 0.5) is 0 Å². The Bertz CT molecular complexity index is 2750. The zero-order valence-corrected chi connectivity index (χ0v) is 30.2. The number of hydrogen-bond acceptors (Lipinski definition) is 10. The van der Waals surface area contributed by atoms with Crippen LogP contribution in [0.2, 0.25) is 0 Å².